The molecule has 1 unspecified atom stereocenters. The highest BCUT2D eigenvalue weighted by Crippen LogP contribution is 2.41. The van der Waals surface area contributed by atoms with Gasteiger partial charge in [-0.25, -0.2) is 9.79 Å². The van der Waals surface area contributed by atoms with Crippen molar-refractivity contribution in [2.24, 2.45) is 27.7 Å². The van der Waals surface area contributed by atoms with Gasteiger partial charge in [0.05, 0.1) is 7.11 Å². The lowest BCUT2D eigenvalue weighted by molar-refractivity contribution is -0.132. The monoisotopic (exact) mass is 319 g/mol. The third kappa shape index (κ3) is 3.86. The second kappa shape index (κ2) is 7.53. The number of nitrogens with zero attached hydrogens (tertiary/aromatic N) is 3. The number of amidine groups is 1. The molecule has 0 bridgehead atoms. The van der Waals surface area contributed by atoms with Gasteiger partial charge in [0.2, 0.25) is 5.84 Å². The fourth-order valence-electron chi connectivity index (χ4n) is 3.63. The second-order valence-electron chi connectivity index (χ2n) is 6.34. The Morgan fingerprint density at radius 1 is 1.22 bits per heavy atom. The molecule has 1 aliphatic heterocycles. The molecule has 6 nitrogen and oxygen atoms in total. The molecule has 0 N–H and O–H groups in total. The standard InChI is InChI=1S/C17H25N3O3/c1-5-6-14(17(22)23-4)19-15(18-3)16(21)20-9-12-7-11(2)8-13(12)10-20/h5-6,11-13H,7-10H2,1-4H3/b6-5+,18-15-,19-14+/t11?,12-,13+. The molecule has 0 radical (unpaired) electrons. The molecule has 6 heteroatoms. The first-order valence-electron chi connectivity index (χ1n) is 8.05. The van der Waals surface area contributed by atoms with Crippen molar-refractivity contribution in [1.82, 2.24) is 4.90 Å². The van der Waals surface area contributed by atoms with Gasteiger partial charge >= 0.3 is 5.97 Å². The summed E-state index contributed by atoms with van der Waals surface area (Å²) in [6.45, 7) is 5.57. The maximum Gasteiger partial charge on any atom is 0.356 e. The number of fused-ring (bicyclic) bond motifs is 1. The first kappa shape index (κ1) is 17.4. The van der Waals surface area contributed by atoms with E-state index >= 15 is 0 Å². The fourth-order valence-corrected chi connectivity index (χ4v) is 3.63. The van der Waals surface area contributed by atoms with Crippen LogP contribution in [0.4, 0.5) is 0 Å². The highest BCUT2D eigenvalue weighted by atomic mass is 16.5. The molecule has 0 aromatic heterocycles. The van der Waals surface area contributed by atoms with Crippen molar-refractivity contribution >= 4 is 23.4 Å². The molecule has 3 atom stereocenters. The number of ether oxygens (including phenoxy) is 1. The van der Waals surface area contributed by atoms with Crippen LogP contribution in [0.3, 0.4) is 0 Å². The molecule has 1 amide bonds. The molecule has 126 valence electrons. The van der Waals surface area contributed by atoms with Crippen molar-refractivity contribution < 1.29 is 14.3 Å². The zero-order valence-corrected chi connectivity index (χ0v) is 14.3. The Bertz CT molecular complexity index is 551. The van der Waals surface area contributed by atoms with E-state index in [0.29, 0.717) is 11.8 Å². The summed E-state index contributed by atoms with van der Waals surface area (Å²) < 4.78 is 4.69. The van der Waals surface area contributed by atoms with Gasteiger partial charge in [-0.1, -0.05) is 13.0 Å². The van der Waals surface area contributed by atoms with Crippen LogP contribution in [0.15, 0.2) is 22.1 Å². The Morgan fingerprint density at radius 2 is 1.83 bits per heavy atom. The Kier molecular flexibility index (Phi) is 5.69. The van der Waals surface area contributed by atoms with E-state index in [9.17, 15) is 9.59 Å². The van der Waals surface area contributed by atoms with Crippen LogP contribution in [-0.2, 0) is 14.3 Å². The van der Waals surface area contributed by atoms with Gasteiger partial charge in [0.15, 0.2) is 5.71 Å². The Balaban J connectivity index is 2.12. The van der Waals surface area contributed by atoms with Crippen LogP contribution >= 0.6 is 0 Å². The van der Waals surface area contributed by atoms with E-state index in [1.165, 1.54) is 33.1 Å². The van der Waals surface area contributed by atoms with Gasteiger partial charge in [-0.2, -0.15) is 0 Å². The highest BCUT2D eigenvalue weighted by molar-refractivity contribution is 6.48. The van der Waals surface area contributed by atoms with E-state index < -0.39 is 5.97 Å². The van der Waals surface area contributed by atoms with E-state index in [-0.39, 0.29) is 17.5 Å². The fraction of sp³-hybridized carbons (Fsp3) is 0.647. The van der Waals surface area contributed by atoms with Crippen molar-refractivity contribution in [3.63, 3.8) is 0 Å². The van der Waals surface area contributed by atoms with Crippen LogP contribution in [0.1, 0.15) is 26.7 Å². The van der Waals surface area contributed by atoms with Gasteiger partial charge in [0.1, 0.15) is 0 Å². The molecule has 1 saturated carbocycles. The van der Waals surface area contributed by atoms with Crippen molar-refractivity contribution in [1.29, 1.82) is 0 Å². The molecule has 1 aliphatic carbocycles. The SMILES string of the molecule is C/C=C/C(=N\C(=N/C)C(=O)N1C[C@H]2CC(C)C[C@H]2C1)C(=O)OC. The van der Waals surface area contributed by atoms with Gasteiger partial charge in [-0.05, 0) is 43.6 Å². The number of rotatable bonds is 2. The third-order valence-corrected chi connectivity index (χ3v) is 4.62. The number of esters is 1. The van der Waals surface area contributed by atoms with Gasteiger partial charge in [0, 0.05) is 20.1 Å². The zero-order chi connectivity index (χ0) is 17.0. The lowest BCUT2D eigenvalue weighted by Gasteiger charge is -2.17. The lowest BCUT2D eigenvalue weighted by Crippen LogP contribution is -2.35. The van der Waals surface area contributed by atoms with Crippen molar-refractivity contribution in [2.75, 3.05) is 27.2 Å². The first-order valence-corrected chi connectivity index (χ1v) is 8.05. The number of aliphatic imine (C=N–C) groups is 2. The molecule has 1 saturated heterocycles. The van der Waals surface area contributed by atoms with Gasteiger partial charge in [-0.15, -0.1) is 0 Å². The molecule has 0 spiro atoms. The summed E-state index contributed by atoms with van der Waals surface area (Å²) >= 11 is 0. The van der Waals surface area contributed by atoms with Crippen molar-refractivity contribution in [3.05, 3.63) is 12.2 Å². The van der Waals surface area contributed by atoms with Gasteiger partial charge in [0.25, 0.3) is 5.91 Å². The Hall–Kier alpha value is -1.98. The molecular formula is C17H25N3O3. The molecule has 0 aromatic rings. The highest BCUT2D eigenvalue weighted by Gasteiger charge is 2.41. The maximum atomic E-state index is 12.7. The summed E-state index contributed by atoms with van der Waals surface area (Å²) in [6.07, 6.45) is 5.56. The van der Waals surface area contributed by atoms with Crippen LogP contribution < -0.4 is 0 Å². The topological polar surface area (TPSA) is 71.3 Å². The number of carbonyl (C=O) groups is 2. The van der Waals surface area contributed by atoms with Crippen molar-refractivity contribution in [2.45, 2.75) is 26.7 Å². The molecule has 0 aromatic carbocycles. The quantitative estimate of drug-likeness (QED) is 0.442. The van der Waals surface area contributed by atoms with E-state index in [1.54, 1.807) is 13.0 Å². The number of carbonyl (C=O) groups excluding carboxylic acids is 2. The van der Waals surface area contributed by atoms with E-state index in [0.717, 1.165) is 19.0 Å². The molecular weight excluding hydrogens is 294 g/mol. The summed E-state index contributed by atoms with van der Waals surface area (Å²) in [6, 6.07) is 0. The molecule has 2 rings (SSSR count). The molecule has 2 fully saturated rings. The number of methoxy groups -OCH3 is 1. The van der Waals surface area contributed by atoms with Crippen LogP contribution in [0.2, 0.25) is 0 Å². The number of hydrogen-bond donors (Lipinski definition) is 0. The van der Waals surface area contributed by atoms with Crippen molar-refractivity contribution in [3.8, 4) is 0 Å². The minimum atomic E-state index is -0.579. The smallest absolute Gasteiger partial charge is 0.356 e. The normalized spacial score (nSPS) is 28.3. The maximum absolute atomic E-state index is 12.7. The van der Waals surface area contributed by atoms with Crippen LogP contribution in [0.5, 0.6) is 0 Å². The summed E-state index contributed by atoms with van der Waals surface area (Å²) in [4.78, 5) is 34.3. The largest absolute Gasteiger partial charge is 0.464 e. The van der Waals surface area contributed by atoms with Gasteiger partial charge in [-0.3, -0.25) is 9.79 Å². The predicted molar refractivity (Wildman–Crippen MR) is 89.6 cm³/mol. The Labute approximate surface area is 137 Å². The first-order chi connectivity index (χ1) is 11.0. The lowest BCUT2D eigenvalue weighted by atomic mass is 10.0. The summed E-state index contributed by atoms with van der Waals surface area (Å²) in [7, 11) is 2.80. The summed E-state index contributed by atoms with van der Waals surface area (Å²) in [5.74, 6) is 1.19. The summed E-state index contributed by atoms with van der Waals surface area (Å²) in [5.41, 5.74) is 0.0805. The summed E-state index contributed by atoms with van der Waals surface area (Å²) in [5, 5.41) is 0. The molecule has 23 heavy (non-hydrogen) atoms. The number of allylic oxidation sites excluding steroid dienone is 1. The van der Waals surface area contributed by atoms with E-state index in [1.807, 2.05) is 4.90 Å². The zero-order valence-electron chi connectivity index (χ0n) is 14.3. The molecule has 2 aliphatic rings. The third-order valence-electron chi connectivity index (χ3n) is 4.62. The van der Waals surface area contributed by atoms with E-state index in [4.69, 9.17) is 0 Å². The van der Waals surface area contributed by atoms with Gasteiger partial charge < -0.3 is 9.64 Å². The molecule has 1 heterocycles. The minimum Gasteiger partial charge on any atom is -0.464 e. The number of likely N-dealkylation sites (tertiary alicyclic amines) is 1. The minimum absolute atomic E-state index is 0.0523. The van der Waals surface area contributed by atoms with Crippen LogP contribution in [-0.4, -0.2) is 55.6 Å². The second-order valence-corrected chi connectivity index (χ2v) is 6.34. The van der Waals surface area contributed by atoms with Crippen LogP contribution in [0, 0.1) is 17.8 Å². The average Bonchev–Trinajstić information content (AvgIpc) is 3.07. The number of hydrogen-bond acceptors (Lipinski definition) is 4. The van der Waals surface area contributed by atoms with E-state index in [2.05, 4.69) is 21.6 Å². The number of amides is 1. The van der Waals surface area contributed by atoms with Crippen LogP contribution in [0.25, 0.3) is 0 Å². The average molecular weight is 319 g/mol. The predicted octanol–water partition coefficient (Wildman–Crippen LogP) is 1.71. The Morgan fingerprint density at radius 3 is 2.30 bits per heavy atom.